The maximum absolute atomic E-state index is 10.6. The smallest absolute Gasteiger partial charge is 0.217 e. The van der Waals surface area contributed by atoms with Crippen LogP contribution in [-0.4, -0.2) is 17.6 Å². The van der Waals surface area contributed by atoms with Crippen LogP contribution in [0.1, 0.15) is 135 Å². The van der Waals surface area contributed by atoms with E-state index < -0.39 is 0 Å². The lowest BCUT2D eigenvalue weighted by Crippen LogP contribution is -2.09. The third kappa shape index (κ3) is 21.6. The summed E-state index contributed by atoms with van der Waals surface area (Å²) < 4.78 is 0. The Morgan fingerprint density at radius 1 is 0.667 bits per heavy atom. The molecule has 0 bridgehead atoms. The van der Waals surface area contributed by atoms with Crippen LogP contribution in [0.4, 0.5) is 0 Å². The SMILES string of the molecule is CCCCC(CO)CCCCCCCCCCCCCCCCCC(N)=O. The Kier molecular flexibility index (Phi) is 21.3. The van der Waals surface area contributed by atoms with E-state index in [2.05, 4.69) is 6.92 Å². The second-order valence-corrected chi connectivity index (χ2v) is 8.50. The van der Waals surface area contributed by atoms with E-state index in [1.165, 1.54) is 109 Å². The highest BCUT2D eigenvalue weighted by Gasteiger charge is 2.06. The average molecular weight is 384 g/mol. The Labute approximate surface area is 169 Å². The van der Waals surface area contributed by atoms with E-state index in [-0.39, 0.29) is 5.91 Å². The van der Waals surface area contributed by atoms with Gasteiger partial charge in [0.2, 0.25) is 5.91 Å². The van der Waals surface area contributed by atoms with Gasteiger partial charge in [0.1, 0.15) is 0 Å². The topological polar surface area (TPSA) is 63.3 Å². The van der Waals surface area contributed by atoms with E-state index in [1.54, 1.807) is 0 Å². The lowest BCUT2D eigenvalue weighted by molar-refractivity contribution is -0.118. The normalized spacial score (nSPS) is 12.4. The van der Waals surface area contributed by atoms with Crippen molar-refractivity contribution in [3.63, 3.8) is 0 Å². The molecule has 0 saturated carbocycles. The zero-order valence-corrected chi connectivity index (χ0v) is 18.4. The molecule has 0 saturated heterocycles. The molecule has 0 spiro atoms. The van der Waals surface area contributed by atoms with Crippen LogP contribution in [0.15, 0.2) is 0 Å². The van der Waals surface area contributed by atoms with Gasteiger partial charge in [0, 0.05) is 13.0 Å². The molecule has 0 aromatic carbocycles. The molecule has 3 nitrogen and oxygen atoms in total. The Balaban J connectivity index is 3.13. The molecule has 1 amide bonds. The van der Waals surface area contributed by atoms with Crippen LogP contribution in [0.25, 0.3) is 0 Å². The molecule has 0 heterocycles. The van der Waals surface area contributed by atoms with Gasteiger partial charge in [-0.05, 0) is 25.2 Å². The molecule has 1 unspecified atom stereocenters. The van der Waals surface area contributed by atoms with Crippen LogP contribution in [0.5, 0.6) is 0 Å². The molecule has 3 N–H and O–H groups in total. The molecule has 0 aromatic heterocycles. The number of carbonyl (C=O) groups is 1. The molecule has 0 aromatic rings. The number of hydrogen-bond acceptors (Lipinski definition) is 2. The third-order valence-electron chi connectivity index (χ3n) is 5.76. The van der Waals surface area contributed by atoms with Gasteiger partial charge in [-0.1, -0.05) is 110 Å². The summed E-state index contributed by atoms with van der Waals surface area (Å²) >= 11 is 0. The van der Waals surface area contributed by atoms with E-state index in [9.17, 15) is 9.90 Å². The van der Waals surface area contributed by atoms with Gasteiger partial charge in [0.15, 0.2) is 0 Å². The first-order valence-electron chi connectivity index (χ1n) is 12.1. The fraction of sp³-hybridized carbons (Fsp3) is 0.958. The Bertz CT molecular complexity index is 307. The van der Waals surface area contributed by atoms with E-state index >= 15 is 0 Å². The van der Waals surface area contributed by atoms with E-state index in [4.69, 9.17) is 5.73 Å². The summed E-state index contributed by atoms with van der Waals surface area (Å²) in [5, 5.41) is 9.38. The number of nitrogens with two attached hydrogens (primary N) is 1. The van der Waals surface area contributed by atoms with Crippen LogP contribution in [-0.2, 0) is 4.79 Å². The highest BCUT2D eigenvalue weighted by atomic mass is 16.3. The lowest BCUT2D eigenvalue weighted by atomic mass is 9.96. The fourth-order valence-corrected chi connectivity index (χ4v) is 3.85. The number of hydrogen-bond donors (Lipinski definition) is 2. The first kappa shape index (κ1) is 26.4. The maximum Gasteiger partial charge on any atom is 0.217 e. The number of aliphatic hydroxyl groups excluding tert-OH is 1. The van der Waals surface area contributed by atoms with Crippen molar-refractivity contribution in [2.75, 3.05) is 6.61 Å². The largest absolute Gasteiger partial charge is 0.396 e. The average Bonchev–Trinajstić information content (AvgIpc) is 2.66. The summed E-state index contributed by atoms with van der Waals surface area (Å²) in [6.07, 6.45) is 25.3. The fourth-order valence-electron chi connectivity index (χ4n) is 3.85. The molecular weight excluding hydrogens is 334 g/mol. The number of unbranched alkanes of at least 4 members (excludes halogenated alkanes) is 15. The molecule has 0 aliphatic heterocycles. The summed E-state index contributed by atoms with van der Waals surface area (Å²) in [6.45, 7) is 2.61. The summed E-state index contributed by atoms with van der Waals surface area (Å²) in [4.78, 5) is 10.6. The predicted octanol–water partition coefficient (Wildman–Crippen LogP) is 6.90. The van der Waals surface area contributed by atoms with Crippen LogP contribution < -0.4 is 5.73 Å². The lowest BCUT2D eigenvalue weighted by Gasteiger charge is -2.13. The highest BCUT2D eigenvalue weighted by Crippen LogP contribution is 2.18. The Hall–Kier alpha value is -0.570. The molecule has 1 atom stereocenters. The van der Waals surface area contributed by atoms with Crippen molar-refractivity contribution in [1.29, 1.82) is 0 Å². The van der Waals surface area contributed by atoms with Crippen LogP contribution in [0.2, 0.25) is 0 Å². The van der Waals surface area contributed by atoms with E-state index in [1.807, 2.05) is 0 Å². The molecule has 0 aliphatic carbocycles. The molecule has 0 radical (unpaired) electrons. The van der Waals surface area contributed by atoms with Crippen LogP contribution in [0, 0.1) is 5.92 Å². The number of carbonyl (C=O) groups excluding carboxylic acids is 1. The maximum atomic E-state index is 10.6. The second-order valence-electron chi connectivity index (χ2n) is 8.50. The highest BCUT2D eigenvalue weighted by molar-refractivity contribution is 5.73. The standard InChI is InChI=1S/C24H49NO2/c1-2-3-19-23(22-26)20-17-15-13-11-9-7-5-4-6-8-10-12-14-16-18-21-24(25)27/h23,26H,2-22H2,1H3,(H2,25,27). The third-order valence-corrected chi connectivity index (χ3v) is 5.76. The van der Waals surface area contributed by atoms with Gasteiger partial charge in [0.05, 0.1) is 0 Å². The predicted molar refractivity (Wildman–Crippen MR) is 118 cm³/mol. The van der Waals surface area contributed by atoms with Gasteiger partial charge in [-0.2, -0.15) is 0 Å². The number of amides is 1. The molecule has 0 aliphatic rings. The van der Waals surface area contributed by atoms with Gasteiger partial charge in [0.25, 0.3) is 0 Å². The van der Waals surface area contributed by atoms with Crippen molar-refractivity contribution in [2.24, 2.45) is 11.7 Å². The van der Waals surface area contributed by atoms with Gasteiger partial charge in [-0.15, -0.1) is 0 Å². The number of aliphatic hydroxyl groups is 1. The Morgan fingerprint density at radius 2 is 1.04 bits per heavy atom. The quantitative estimate of drug-likeness (QED) is 0.200. The number of rotatable bonds is 22. The molecule has 27 heavy (non-hydrogen) atoms. The zero-order valence-electron chi connectivity index (χ0n) is 18.4. The van der Waals surface area contributed by atoms with Crippen molar-refractivity contribution in [2.45, 2.75) is 135 Å². The van der Waals surface area contributed by atoms with Crippen molar-refractivity contribution < 1.29 is 9.90 Å². The van der Waals surface area contributed by atoms with Crippen molar-refractivity contribution in [1.82, 2.24) is 0 Å². The molecule has 162 valence electrons. The monoisotopic (exact) mass is 383 g/mol. The number of primary amides is 1. The van der Waals surface area contributed by atoms with Gasteiger partial charge >= 0.3 is 0 Å². The molecule has 3 heteroatoms. The van der Waals surface area contributed by atoms with Crippen molar-refractivity contribution in [3.8, 4) is 0 Å². The molecule has 0 rings (SSSR count). The molecular formula is C24H49NO2. The van der Waals surface area contributed by atoms with E-state index in [0.717, 1.165) is 12.8 Å². The van der Waals surface area contributed by atoms with Gasteiger partial charge in [-0.25, -0.2) is 0 Å². The summed E-state index contributed by atoms with van der Waals surface area (Å²) in [6, 6.07) is 0. The second kappa shape index (κ2) is 21.7. The van der Waals surface area contributed by atoms with Crippen LogP contribution in [0.3, 0.4) is 0 Å². The van der Waals surface area contributed by atoms with Gasteiger partial charge < -0.3 is 10.8 Å². The first-order valence-corrected chi connectivity index (χ1v) is 12.1. The molecule has 0 fully saturated rings. The van der Waals surface area contributed by atoms with Crippen molar-refractivity contribution >= 4 is 5.91 Å². The van der Waals surface area contributed by atoms with Crippen LogP contribution >= 0.6 is 0 Å². The summed E-state index contributed by atoms with van der Waals surface area (Å²) in [7, 11) is 0. The van der Waals surface area contributed by atoms with E-state index in [0.29, 0.717) is 18.9 Å². The minimum absolute atomic E-state index is 0.159. The van der Waals surface area contributed by atoms with Gasteiger partial charge in [-0.3, -0.25) is 4.79 Å². The minimum atomic E-state index is -0.159. The summed E-state index contributed by atoms with van der Waals surface area (Å²) in [5.74, 6) is 0.396. The first-order chi connectivity index (χ1) is 13.2. The van der Waals surface area contributed by atoms with Crippen molar-refractivity contribution in [3.05, 3.63) is 0 Å². The Morgan fingerprint density at radius 3 is 1.41 bits per heavy atom. The summed E-state index contributed by atoms with van der Waals surface area (Å²) in [5.41, 5.74) is 5.14. The zero-order chi connectivity index (χ0) is 20.0. The minimum Gasteiger partial charge on any atom is -0.396 e.